The lowest BCUT2D eigenvalue weighted by Gasteiger charge is -1.89. The first-order valence-corrected chi connectivity index (χ1v) is 3.56. The van der Waals surface area contributed by atoms with Crippen LogP contribution in [0, 0.1) is 0 Å². The molecule has 1 heterocycles. The standard InChI is InChI=1S/C7H11FN2O/c8-4-6-5-11-7(10-6)2-1-3-9/h5H,1-4,9H2. The fourth-order valence-electron chi connectivity index (χ4n) is 0.778. The van der Waals surface area contributed by atoms with Crippen molar-refractivity contribution in [2.75, 3.05) is 6.54 Å². The van der Waals surface area contributed by atoms with Crippen LogP contribution in [0.5, 0.6) is 0 Å². The molecular formula is C7H11FN2O. The second kappa shape index (κ2) is 4.08. The minimum atomic E-state index is -0.563. The van der Waals surface area contributed by atoms with Gasteiger partial charge in [0.25, 0.3) is 0 Å². The molecule has 0 fully saturated rings. The predicted molar refractivity (Wildman–Crippen MR) is 38.7 cm³/mol. The highest BCUT2D eigenvalue weighted by atomic mass is 19.1. The van der Waals surface area contributed by atoms with E-state index in [1.54, 1.807) is 0 Å². The lowest BCUT2D eigenvalue weighted by molar-refractivity contribution is 0.469. The zero-order valence-electron chi connectivity index (χ0n) is 6.22. The Morgan fingerprint density at radius 1 is 1.64 bits per heavy atom. The number of hydrogen-bond donors (Lipinski definition) is 1. The molecule has 1 aromatic rings. The normalized spacial score (nSPS) is 10.4. The Balaban J connectivity index is 2.44. The number of aromatic nitrogens is 1. The lowest BCUT2D eigenvalue weighted by atomic mass is 10.3. The molecule has 0 saturated heterocycles. The Morgan fingerprint density at radius 2 is 2.45 bits per heavy atom. The second-order valence-electron chi connectivity index (χ2n) is 2.26. The van der Waals surface area contributed by atoms with E-state index in [0.29, 0.717) is 24.6 Å². The van der Waals surface area contributed by atoms with Gasteiger partial charge in [0.1, 0.15) is 18.6 Å². The Bertz CT molecular complexity index is 212. The highest BCUT2D eigenvalue weighted by Gasteiger charge is 2.01. The number of nitrogens with zero attached hydrogens (tertiary/aromatic N) is 1. The average Bonchev–Trinajstić information content (AvgIpc) is 2.48. The van der Waals surface area contributed by atoms with Gasteiger partial charge in [0.05, 0.1) is 0 Å². The van der Waals surface area contributed by atoms with Crippen molar-refractivity contribution in [3.8, 4) is 0 Å². The van der Waals surface area contributed by atoms with Gasteiger partial charge >= 0.3 is 0 Å². The molecule has 0 bridgehead atoms. The monoisotopic (exact) mass is 158 g/mol. The Labute approximate surface area is 64.4 Å². The lowest BCUT2D eigenvalue weighted by Crippen LogP contribution is -2.00. The van der Waals surface area contributed by atoms with Crippen molar-refractivity contribution in [2.24, 2.45) is 5.73 Å². The van der Waals surface area contributed by atoms with Gasteiger partial charge in [0.15, 0.2) is 5.89 Å². The number of oxazole rings is 1. The first-order chi connectivity index (χ1) is 5.36. The van der Waals surface area contributed by atoms with Crippen LogP contribution >= 0.6 is 0 Å². The Kier molecular flexibility index (Phi) is 3.04. The summed E-state index contributed by atoms with van der Waals surface area (Å²) in [6, 6.07) is 0. The number of hydrogen-bond acceptors (Lipinski definition) is 3. The number of alkyl halides is 1. The molecule has 2 N–H and O–H groups in total. The van der Waals surface area contributed by atoms with Gasteiger partial charge < -0.3 is 10.2 Å². The third-order valence-corrected chi connectivity index (χ3v) is 1.33. The highest BCUT2D eigenvalue weighted by molar-refractivity contribution is 4.94. The van der Waals surface area contributed by atoms with Crippen LogP contribution in [0.4, 0.5) is 4.39 Å². The fraction of sp³-hybridized carbons (Fsp3) is 0.571. The molecule has 0 aliphatic carbocycles. The zero-order valence-corrected chi connectivity index (χ0v) is 6.22. The van der Waals surface area contributed by atoms with Gasteiger partial charge in [-0.15, -0.1) is 0 Å². The third kappa shape index (κ3) is 2.31. The third-order valence-electron chi connectivity index (χ3n) is 1.33. The summed E-state index contributed by atoms with van der Waals surface area (Å²) in [5.41, 5.74) is 5.63. The largest absolute Gasteiger partial charge is 0.449 e. The maximum atomic E-state index is 11.9. The molecule has 0 amide bonds. The molecule has 0 atom stereocenters. The van der Waals surface area contributed by atoms with Crippen LogP contribution in [0.2, 0.25) is 0 Å². The minimum Gasteiger partial charge on any atom is -0.449 e. The summed E-state index contributed by atoms with van der Waals surface area (Å²) < 4.78 is 16.9. The average molecular weight is 158 g/mol. The summed E-state index contributed by atoms with van der Waals surface area (Å²) >= 11 is 0. The maximum Gasteiger partial charge on any atom is 0.194 e. The quantitative estimate of drug-likeness (QED) is 0.712. The molecule has 3 nitrogen and oxygen atoms in total. The molecule has 11 heavy (non-hydrogen) atoms. The Morgan fingerprint density at radius 3 is 3.00 bits per heavy atom. The molecule has 0 spiro atoms. The SMILES string of the molecule is NCCCc1nc(CF)co1. The van der Waals surface area contributed by atoms with Crippen LogP contribution in [0.25, 0.3) is 0 Å². The van der Waals surface area contributed by atoms with Crippen molar-refractivity contribution < 1.29 is 8.81 Å². The van der Waals surface area contributed by atoms with Crippen molar-refractivity contribution >= 4 is 0 Å². The van der Waals surface area contributed by atoms with E-state index in [1.807, 2.05) is 0 Å². The summed E-state index contributed by atoms with van der Waals surface area (Å²) in [4.78, 5) is 3.87. The molecule has 1 rings (SSSR count). The number of rotatable bonds is 4. The second-order valence-corrected chi connectivity index (χ2v) is 2.26. The van der Waals surface area contributed by atoms with Crippen LogP contribution in [0.15, 0.2) is 10.7 Å². The summed E-state index contributed by atoms with van der Waals surface area (Å²) in [7, 11) is 0. The van der Waals surface area contributed by atoms with E-state index in [2.05, 4.69) is 4.98 Å². The van der Waals surface area contributed by atoms with E-state index in [9.17, 15) is 4.39 Å². The van der Waals surface area contributed by atoms with Crippen LogP contribution in [0.1, 0.15) is 18.0 Å². The number of aryl methyl sites for hydroxylation is 1. The Hall–Kier alpha value is -0.900. The van der Waals surface area contributed by atoms with Gasteiger partial charge in [-0.2, -0.15) is 0 Å². The molecule has 0 aliphatic rings. The first kappa shape index (κ1) is 8.20. The molecule has 0 aromatic carbocycles. The fourth-order valence-corrected chi connectivity index (χ4v) is 0.778. The molecule has 1 aromatic heterocycles. The number of nitrogens with two attached hydrogens (primary N) is 1. The van der Waals surface area contributed by atoms with Gasteiger partial charge in [0.2, 0.25) is 0 Å². The first-order valence-electron chi connectivity index (χ1n) is 3.56. The van der Waals surface area contributed by atoms with E-state index < -0.39 is 6.67 Å². The molecule has 0 saturated carbocycles. The van der Waals surface area contributed by atoms with Crippen molar-refractivity contribution in [3.05, 3.63) is 17.8 Å². The summed E-state index contributed by atoms with van der Waals surface area (Å²) in [6.07, 6.45) is 2.86. The predicted octanol–water partition coefficient (Wildman–Crippen LogP) is 1.04. The molecule has 4 heteroatoms. The smallest absolute Gasteiger partial charge is 0.194 e. The van der Waals surface area contributed by atoms with Crippen molar-refractivity contribution in [3.63, 3.8) is 0 Å². The molecular weight excluding hydrogens is 147 g/mol. The van der Waals surface area contributed by atoms with E-state index >= 15 is 0 Å². The topological polar surface area (TPSA) is 52.0 Å². The van der Waals surface area contributed by atoms with Gasteiger partial charge in [0, 0.05) is 6.42 Å². The molecule has 62 valence electrons. The zero-order chi connectivity index (χ0) is 8.10. The van der Waals surface area contributed by atoms with E-state index in [0.717, 1.165) is 6.42 Å². The maximum absolute atomic E-state index is 11.9. The van der Waals surface area contributed by atoms with Crippen molar-refractivity contribution in [1.82, 2.24) is 4.98 Å². The van der Waals surface area contributed by atoms with Crippen LogP contribution < -0.4 is 5.73 Å². The minimum absolute atomic E-state index is 0.358. The van der Waals surface area contributed by atoms with Crippen molar-refractivity contribution in [2.45, 2.75) is 19.5 Å². The highest BCUT2D eigenvalue weighted by Crippen LogP contribution is 2.04. The van der Waals surface area contributed by atoms with E-state index in [1.165, 1.54) is 6.26 Å². The van der Waals surface area contributed by atoms with Gasteiger partial charge in [-0.3, -0.25) is 0 Å². The van der Waals surface area contributed by atoms with E-state index in [-0.39, 0.29) is 0 Å². The van der Waals surface area contributed by atoms with Gasteiger partial charge in [-0.1, -0.05) is 0 Å². The summed E-state index contributed by atoms with van der Waals surface area (Å²) in [5, 5.41) is 0. The van der Waals surface area contributed by atoms with Gasteiger partial charge in [-0.25, -0.2) is 9.37 Å². The summed E-state index contributed by atoms with van der Waals surface area (Å²) in [6.45, 7) is 0.0411. The summed E-state index contributed by atoms with van der Waals surface area (Å²) in [5.74, 6) is 0.572. The van der Waals surface area contributed by atoms with Crippen LogP contribution in [-0.2, 0) is 13.1 Å². The van der Waals surface area contributed by atoms with Gasteiger partial charge in [-0.05, 0) is 13.0 Å². The van der Waals surface area contributed by atoms with Crippen molar-refractivity contribution in [1.29, 1.82) is 0 Å². The molecule has 0 unspecified atom stereocenters. The van der Waals surface area contributed by atoms with Crippen LogP contribution in [-0.4, -0.2) is 11.5 Å². The molecule has 0 aliphatic heterocycles. The molecule has 0 radical (unpaired) electrons. The van der Waals surface area contributed by atoms with E-state index in [4.69, 9.17) is 10.2 Å². The van der Waals surface area contributed by atoms with Crippen LogP contribution in [0.3, 0.4) is 0 Å². The number of halogens is 1.